The van der Waals surface area contributed by atoms with Gasteiger partial charge in [-0.1, -0.05) is 0 Å². The Morgan fingerprint density at radius 1 is 1.46 bits per heavy atom. The molecule has 1 aromatic heterocycles. The third-order valence-electron chi connectivity index (χ3n) is 1.26. The molecule has 0 aliphatic rings. The Bertz CT molecular complexity index is 255. The van der Waals surface area contributed by atoms with Crippen LogP contribution in [-0.2, 0) is 6.54 Å². The number of aromatic nitrogens is 2. The molecule has 1 heterocycles. The molecule has 1 rings (SSSR count). The SMILES string of the molecule is CC(C)Oc1cc(CN)ncn1.Cl. The summed E-state index contributed by atoms with van der Waals surface area (Å²) < 4.78 is 5.35. The standard InChI is InChI=1S/C8H13N3O.ClH/c1-6(2)12-8-3-7(4-9)10-5-11-8;/h3,5-6H,4,9H2,1-2H3;1H. The fourth-order valence-corrected chi connectivity index (χ4v) is 0.795. The van der Waals surface area contributed by atoms with Gasteiger partial charge in [0.2, 0.25) is 5.88 Å². The van der Waals surface area contributed by atoms with E-state index in [1.807, 2.05) is 13.8 Å². The minimum absolute atomic E-state index is 0. The van der Waals surface area contributed by atoms with Crippen molar-refractivity contribution in [3.63, 3.8) is 0 Å². The lowest BCUT2D eigenvalue weighted by atomic mass is 10.4. The Hall–Kier alpha value is -0.870. The van der Waals surface area contributed by atoms with Gasteiger partial charge in [0, 0.05) is 12.6 Å². The van der Waals surface area contributed by atoms with Crippen LogP contribution in [0.5, 0.6) is 5.88 Å². The molecule has 1 aromatic rings. The minimum atomic E-state index is 0. The molecule has 13 heavy (non-hydrogen) atoms. The Morgan fingerprint density at radius 2 is 2.15 bits per heavy atom. The average Bonchev–Trinajstić information content (AvgIpc) is 2.03. The van der Waals surface area contributed by atoms with Crippen LogP contribution in [0.4, 0.5) is 0 Å². The predicted octanol–water partition coefficient (Wildman–Crippen LogP) is 1.14. The molecule has 0 saturated heterocycles. The van der Waals surface area contributed by atoms with Crippen LogP contribution in [0.2, 0.25) is 0 Å². The quantitative estimate of drug-likeness (QED) is 0.801. The molecule has 0 saturated carbocycles. The van der Waals surface area contributed by atoms with E-state index in [0.717, 1.165) is 5.69 Å². The fraction of sp³-hybridized carbons (Fsp3) is 0.500. The van der Waals surface area contributed by atoms with E-state index in [4.69, 9.17) is 10.5 Å². The first-order valence-electron chi connectivity index (χ1n) is 3.90. The van der Waals surface area contributed by atoms with E-state index in [-0.39, 0.29) is 18.5 Å². The van der Waals surface area contributed by atoms with Crippen LogP contribution in [-0.4, -0.2) is 16.1 Å². The van der Waals surface area contributed by atoms with Crippen LogP contribution in [0.15, 0.2) is 12.4 Å². The first kappa shape index (κ1) is 12.1. The Morgan fingerprint density at radius 3 is 2.69 bits per heavy atom. The molecule has 0 aromatic carbocycles. The van der Waals surface area contributed by atoms with E-state index in [9.17, 15) is 0 Å². The maximum absolute atomic E-state index is 5.40. The van der Waals surface area contributed by atoms with Crippen LogP contribution in [0.1, 0.15) is 19.5 Å². The van der Waals surface area contributed by atoms with Crippen LogP contribution in [0.3, 0.4) is 0 Å². The molecule has 0 spiro atoms. The minimum Gasteiger partial charge on any atom is -0.475 e. The van der Waals surface area contributed by atoms with Gasteiger partial charge in [-0.25, -0.2) is 9.97 Å². The third kappa shape index (κ3) is 4.05. The van der Waals surface area contributed by atoms with Crippen LogP contribution >= 0.6 is 12.4 Å². The highest BCUT2D eigenvalue weighted by atomic mass is 35.5. The maximum atomic E-state index is 5.40. The summed E-state index contributed by atoms with van der Waals surface area (Å²) in [6, 6.07) is 1.75. The Labute approximate surface area is 83.9 Å². The smallest absolute Gasteiger partial charge is 0.216 e. The van der Waals surface area contributed by atoms with Gasteiger partial charge in [0.1, 0.15) is 6.33 Å². The van der Waals surface area contributed by atoms with Crippen molar-refractivity contribution in [1.29, 1.82) is 0 Å². The lowest BCUT2D eigenvalue weighted by Crippen LogP contribution is -2.08. The molecule has 0 unspecified atom stereocenters. The highest BCUT2D eigenvalue weighted by molar-refractivity contribution is 5.85. The zero-order valence-electron chi connectivity index (χ0n) is 7.73. The van der Waals surface area contributed by atoms with Crippen molar-refractivity contribution in [2.24, 2.45) is 5.73 Å². The van der Waals surface area contributed by atoms with Gasteiger partial charge >= 0.3 is 0 Å². The molecular formula is C8H14ClN3O. The zero-order valence-corrected chi connectivity index (χ0v) is 8.54. The number of ether oxygens (including phenoxy) is 1. The summed E-state index contributed by atoms with van der Waals surface area (Å²) in [5.41, 5.74) is 6.20. The van der Waals surface area contributed by atoms with Gasteiger partial charge in [-0.15, -0.1) is 12.4 Å². The van der Waals surface area contributed by atoms with Crippen molar-refractivity contribution >= 4 is 12.4 Å². The Balaban J connectivity index is 0.00000144. The van der Waals surface area contributed by atoms with Gasteiger partial charge < -0.3 is 10.5 Å². The normalized spacial score (nSPS) is 9.54. The second-order valence-corrected chi connectivity index (χ2v) is 2.72. The first-order chi connectivity index (χ1) is 5.72. The summed E-state index contributed by atoms with van der Waals surface area (Å²) in [4.78, 5) is 7.89. The monoisotopic (exact) mass is 203 g/mol. The van der Waals surface area contributed by atoms with E-state index in [2.05, 4.69) is 9.97 Å². The van der Waals surface area contributed by atoms with Crippen molar-refractivity contribution in [2.45, 2.75) is 26.5 Å². The van der Waals surface area contributed by atoms with Crippen molar-refractivity contribution in [1.82, 2.24) is 9.97 Å². The van der Waals surface area contributed by atoms with Gasteiger partial charge in [-0.05, 0) is 13.8 Å². The van der Waals surface area contributed by atoms with Crippen molar-refractivity contribution in [3.05, 3.63) is 18.1 Å². The molecule has 0 aliphatic carbocycles. The van der Waals surface area contributed by atoms with Crippen molar-refractivity contribution in [3.8, 4) is 5.88 Å². The maximum Gasteiger partial charge on any atom is 0.216 e. The topological polar surface area (TPSA) is 61.0 Å². The molecule has 74 valence electrons. The predicted molar refractivity (Wildman–Crippen MR) is 52.9 cm³/mol. The number of nitrogens with two attached hydrogens (primary N) is 1. The first-order valence-corrected chi connectivity index (χ1v) is 3.90. The van der Waals surface area contributed by atoms with Gasteiger partial charge in [0.05, 0.1) is 11.8 Å². The lowest BCUT2D eigenvalue weighted by molar-refractivity contribution is 0.232. The second-order valence-electron chi connectivity index (χ2n) is 2.72. The van der Waals surface area contributed by atoms with E-state index >= 15 is 0 Å². The highest BCUT2D eigenvalue weighted by Gasteiger charge is 1.99. The molecule has 4 nitrogen and oxygen atoms in total. The number of halogens is 1. The summed E-state index contributed by atoms with van der Waals surface area (Å²) in [5, 5.41) is 0. The molecule has 0 bridgehead atoms. The van der Waals surface area contributed by atoms with Gasteiger partial charge in [-0.3, -0.25) is 0 Å². The van der Waals surface area contributed by atoms with Crippen LogP contribution in [0.25, 0.3) is 0 Å². The third-order valence-corrected chi connectivity index (χ3v) is 1.26. The summed E-state index contributed by atoms with van der Waals surface area (Å²) in [6.45, 7) is 4.31. The number of nitrogens with zero attached hydrogens (tertiary/aromatic N) is 2. The molecular weight excluding hydrogens is 190 g/mol. The molecule has 0 aliphatic heterocycles. The molecule has 0 atom stereocenters. The van der Waals surface area contributed by atoms with Crippen LogP contribution in [0, 0.1) is 0 Å². The molecule has 0 amide bonds. The number of rotatable bonds is 3. The number of hydrogen-bond acceptors (Lipinski definition) is 4. The van der Waals surface area contributed by atoms with E-state index in [1.54, 1.807) is 6.07 Å². The fourth-order valence-electron chi connectivity index (χ4n) is 0.795. The molecule has 0 radical (unpaired) electrons. The lowest BCUT2D eigenvalue weighted by Gasteiger charge is -2.08. The van der Waals surface area contributed by atoms with E-state index < -0.39 is 0 Å². The summed E-state index contributed by atoms with van der Waals surface area (Å²) in [7, 11) is 0. The van der Waals surface area contributed by atoms with Gasteiger partial charge in [-0.2, -0.15) is 0 Å². The van der Waals surface area contributed by atoms with Gasteiger partial charge in [0.15, 0.2) is 0 Å². The molecule has 0 fully saturated rings. The molecule has 2 N–H and O–H groups in total. The van der Waals surface area contributed by atoms with E-state index in [0.29, 0.717) is 12.4 Å². The average molecular weight is 204 g/mol. The van der Waals surface area contributed by atoms with E-state index in [1.165, 1.54) is 6.33 Å². The second kappa shape index (κ2) is 5.72. The number of hydrogen-bond donors (Lipinski definition) is 1. The van der Waals surface area contributed by atoms with Crippen molar-refractivity contribution in [2.75, 3.05) is 0 Å². The van der Waals surface area contributed by atoms with Gasteiger partial charge in [0.25, 0.3) is 0 Å². The highest BCUT2D eigenvalue weighted by Crippen LogP contribution is 2.07. The summed E-state index contributed by atoms with van der Waals surface area (Å²) in [5.74, 6) is 0.584. The largest absolute Gasteiger partial charge is 0.475 e. The van der Waals surface area contributed by atoms with Crippen molar-refractivity contribution < 1.29 is 4.74 Å². The summed E-state index contributed by atoms with van der Waals surface area (Å²) >= 11 is 0. The Kier molecular flexibility index (Phi) is 5.34. The summed E-state index contributed by atoms with van der Waals surface area (Å²) in [6.07, 6.45) is 1.59. The zero-order chi connectivity index (χ0) is 8.97. The van der Waals surface area contributed by atoms with Crippen LogP contribution < -0.4 is 10.5 Å². The molecule has 5 heteroatoms.